The highest BCUT2D eigenvalue weighted by Crippen LogP contribution is 2.28. The molecule has 7 nitrogen and oxygen atoms in total. The molecule has 124 valence electrons. The number of benzene rings is 2. The van der Waals surface area contributed by atoms with Crippen molar-refractivity contribution in [3.05, 3.63) is 63.0 Å². The number of rotatable bonds is 3. The molecule has 0 fully saturated rings. The predicted molar refractivity (Wildman–Crippen MR) is 93.8 cm³/mol. The lowest BCUT2D eigenvalue weighted by Gasteiger charge is -1.99. The van der Waals surface area contributed by atoms with Gasteiger partial charge in [0.1, 0.15) is 11.9 Å². The molecule has 0 aliphatic heterocycles. The van der Waals surface area contributed by atoms with Crippen LogP contribution in [0.5, 0.6) is 5.75 Å². The number of hydrogen-bond donors (Lipinski definition) is 2. The molecule has 0 aliphatic carbocycles. The van der Waals surface area contributed by atoms with Gasteiger partial charge in [0.05, 0.1) is 21.5 Å². The van der Waals surface area contributed by atoms with Gasteiger partial charge in [0.15, 0.2) is 5.75 Å². The van der Waals surface area contributed by atoms with E-state index < -0.39 is 16.4 Å². The molecule has 7 heteroatoms. The number of hydrogen-bond acceptors (Lipinski definition) is 5. The molecule has 2 aromatic carbocycles. The molecule has 0 saturated heterocycles. The number of nitriles is 1. The van der Waals surface area contributed by atoms with Gasteiger partial charge in [-0.05, 0) is 54.8 Å². The van der Waals surface area contributed by atoms with E-state index in [2.05, 4.69) is 16.0 Å². The summed E-state index contributed by atoms with van der Waals surface area (Å²) in [5.74, 6) is -0.0337. The minimum absolute atomic E-state index is 0.242. The molecule has 3 rings (SSSR count). The summed E-state index contributed by atoms with van der Waals surface area (Å²) in [6.07, 6.45) is 1.49. The van der Waals surface area contributed by atoms with Crippen LogP contribution >= 0.6 is 0 Å². The highest BCUT2D eigenvalue weighted by Gasteiger charge is 2.14. The number of aryl methyl sites for hydroxylation is 2. The number of nitrogens with one attached hydrogen (secondary N) is 1. The van der Waals surface area contributed by atoms with E-state index in [1.165, 1.54) is 24.3 Å². The van der Waals surface area contributed by atoms with Crippen LogP contribution in [0, 0.1) is 35.3 Å². The molecular formula is C18H14N4O3. The third kappa shape index (κ3) is 3.05. The van der Waals surface area contributed by atoms with Gasteiger partial charge in [0.2, 0.25) is 0 Å². The third-order valence-corrected chi connectivity index (χ3v) is 3.98. The van der Waals surface area contributed by atoms with Crippen LogP contribution in [-0.2, 0) is 0 Å². The van der Waals surface area contributed by atoms with Gasteiger partial charge in [-0.25, -0.2) is 4.98 Å². The fraction of sp³-hybridized carbons (Fsp3) is 0.111. The number of nitrogens with zero attached hydrogens (tertiary/aromatic N) is 3. The Hall–Kier alpha value is -3.66. The molecule has 0 spiro atoms. The first kappa shape index (κ1) is 16.2. The minimum Gasteiger partial charge on any atom is -0.502 e. The summed E-state index contributed by atoms with van der Waals surface area (Å²) in [5.41, 5.74) is 4.02. The van der Waals surface area contributed by atoms with Crippen LogP contribution in [-0.4, -0.2) is 20.0 Å². The van der Waals surface area contributed by atoms with Gasteiger partial charge >= 0.3 is 5.69 Å². The summed E-state index contributed by atoms with van der Waals surface area (Å²) >= 11 is 0. The standard InChI is InChI=1S/C18H14N4O3/c1-10-5-14-15(6-11(10)2)21-18(20-14)13(9-19)7-12-3-4-17(23)16(8-12)22(24)25/h3-8,23H,1-2H3,(H,20,21)/b13-7-. The van der Waals surface area contributed by atoms with E-state index in [-0.39, 0.29) is 5.57 Å². The van der Waals surface area contributed by atoms with Gasteiger partial charge in [0, 0.05) is 6.07 Å². The Morgan fingerprint density at radius 3 is 2.72 bits per heavy atom. The molecule has 0 aliphatic rings. The number of phenols is 1. The molecule has 0 unspecified atom stereocenters. The van der Waals surface area contributed by atoms with E-state index in [4.69, 9.17) is 0 Å². The van der Waals surface area contributed by atoms with Crippen molar-refractivity contribution >= 4 is 28.4 Å². The maximum absolute atomic E-state index is 10.9. The molecule has 2 N–H and O–H groups in total. The van der Waals surface area contributed by atoms with E-state index in [0.29, 0.717) is 11.4 Å². The number of aromatic hydroxyl groups is 1. The number of nitro benzene ring substituents is 1. The number of aromatic amines is 1. The first-order valence-corrected chi connectivity index (χ1v) is 7.45. The van der Waals surface area contributed by atoms with Crippen LogP contribution in [0.3, 0.4) is 0 Å². The number of imidazole rings is 1. The number of aromatic nitrogens is 2. The average Bonchev–Trinajstić information content (AvgIpc) is 2.96. The van der Waals surface area contributed by atoms with Crippen LogP contribution in [0.15, 0.2) is 30.3 Å². The Balaban J connectivity index is 2.09. The number of H-pyrrole nitrogens is 1. The van der Waals surface area contributed by atoms with Gasteiger partial charge < -0.3 is 10.1 Å². The zero-order valence-corrected chi connectivity index (χ0v) is 13.6. The van der Waals surface area contributed by atoms with E-state index in [1.54, 1.807) is 0 Å². The second-order valence-corrected chi connectivity index (χ2v) is 5.71. The second-order valence-electron chi connectivity index (χ2n) is 5.71. The lowest BCUT2D eigenvalue weighted by Crippen LogP contribution is -1.90. The molecule has 25 heavy (non-hydrogen) atoms. The molecule has 0 saturated carbocycles. The maximum atomic E-state index is 10.9. The van der Waals surface area contributed by atoms with Crippen molar-refractivity contribution in [2.45, 2.75) is 13.8 Å². The zero-order valence-electron chi connectivity index (χ0n) is 13.6. The van der Waals surface area contributed by atoms with E-state index in [1.807, 2.05) is 26.0 Å². The zero-order chi connectivity index (χ0) is 18.1. The maximum Gasteiger partial charge on any atom is 0.311 e. The highest BCUT2D eigenvalue weighted by molar-refractivity contribution is 5.90. The second kappa shape index (κ2) is 6.09. The van der Waals surface area contributed by atoms with Crippen LogP contribution in [0.25, 0.3) is 22.7 Å². The molecule has 0 amide bonds. The van der Waals surface area contributed by atoms with Crippen molar-refractivity contribution in [2.75, 3.05) is 0 Å². The third-order valence-electron chi connectivity index (χ3n) is 3.98. The summed E-state index contributed by atoms with van der Waals surface area (Å²) in [6, 6.07) is 9.89. The van der Waals surface area contributed by atoms with Gasteiger partial charge in [-0.1, -0.05) is 6.07 Å². The van der Waals surface area contributed by atoms with Gasteiger partial charge in [-0.2, -0.15) is 5.26 Å². The first-order valence-electron chi connectivity index (χ1n) is 7.45. The summed E-state index contributed by atoms with van der Waals surface area (Å²) in [6.45, 7) is 3.98. The van der Waals surface area contributed by atoms with Crippen molar-refractivity contribution in [1.82, 2.24) is 9.97 Å². The smallest absolute Gasteiger partial charge is 0.311 e. The molecule has 0 bridgehead atoms. The summed E-state index contributed by atoms with van der Waals surface area (Å²) < 4.78 is 0. The number of phenolic OH excluding ortho intramolecular Hbond substituents is 1. The fourth-order valence-electron chi connectivity index (χ4n) is 2.49. The molecule has 3 aromatic rings. The highest BCUT2D eigenvalue weighted by atomic mass is 16.6. The lowest BCUT2D eigenvalue weighted by molar-refractivity contribution is -0.385. The van der Waals surface area contributed by atoms with E-state index in [9.17, 15) is 20.5 Å². The van der Waals surface area contributed by atoms with Crippen molar-refractivity contribution in [1.29, 1.82) is 5.26 Å². The summed E-state index contributed by atoms with van der Waals surface area (Å²) in [4.78, 5) is 17.8. The van der Waals surface area contributed by atoms with Crippen molar-refractivity contribution in [3.8, 4) is 11.8 Å². The van der Waals surface area contributed by atoms with Gasteiger partial charge in [0.25, 0.3) is 0 Å². The largest absolute Gasteiger partial charge is 0.502 e. The van der Waals surface area contributed by atoms with Gasteiger partial charge in [-0.15, -0.1) is 0 Å². The van der Waals surface area contributed by atoms with E-state index >= 15 is 0 Å². The molecular weight excluding hydrogens is 320 g/mol. The predicted octanol–water partition coefficient (Wildman–Crippen LogP) is 3.86. The Labute approximate surface area is 143 Å². The fourth-order valence-corrected chi connectivity index (χ4v) is 2.49. The first-order chi connectivity index (χ1) is 11.9. The average molecular weight is 334 g/mol. The van der Waals surface area contributed by atoms with Crippen molar-refractivity contribution < 1.29 is 10.0 Å². The quantitative estimate of drug-likeness (QED) is 0.428. The number of fused-ring (bicyclic) bond motifs is 1. The van der Waals surface area contributed by atoms with Crippen molar-refractivity contribution in [3.63, 3.8) is 0 Å². The SMILES string of the molecule is Cc1cc2nc(/C(C#N)=C\c3ccc(O)c([N+](=O)[O-])c3)[nH]c2cc1C. The summed E-state index contributed by atoms with van der Waals surface area (Å²) in [7, 11) is 0. The monoisotopic (exact) mass is 334 g/mol. The minimum atomic E-state index is -0.675. The number of allylic oxidation sites excluding steroid dienone is 1. The molecule has 1 aromatic heterocycles. The number of nitro groups is 1. The van der Waals surface area contributed by atoms with E-state index in [0.717, 1.165) is 22.2 Å². The Bertz CT molecular complexity index is 1030. The lowest BCUT2D eigenvalue weighted by atomic mass is 10.1. The van der Waals surface area contributed by atoms with Crippen LogP contribution in [0.4, 0.5) is 5.69 Å². The molecule has 0 atom stereocenters. The Morgan fingerprint density at radius 1 is 1.32 bits per heavy atom. The normalized spacial score (nSPS) is 11.5. The summed E-state index contributed by atoms with van der Waals surface area (Å²) in [5, 5.41) is 29.9. The molecule has 0 radical (unpaired) electrons. The Kier molecular flexibility index (Phi) is 3.95. The van der Waals surface area contributed by atoms with Crippen LogP contribution < -0.4 is 0 Å². The topological polar surface area (TPSA) is 116 Å². The van der Waals surface area contributed by atoms with Crippen molar-refractivity contribution in [2.24, 2.45) is 0 Å². The van der Waals surface area contributed by atoms with Gasteiger partial charge in [-0.3, -0.25) is 10.1 Å². The Morgan fingerprint density at radius 2 is 2.04 bits per heavy atom. The molecule has 1 heterocycles. The van der Waals surface area contributed by atoms with Crippen LogP contribution in [0.1, 0.15) is 22.5 Å². The van der Waals surface area contributed by atoms with Crippen LogP contribution in [0.2, 0.25) is 0 Å².